The molecule has 0 heterocycles. The van der Waals surface area contributed by atoms with Gasteiger partial charge in [-0.1, -0.05) is 0 Å². The minimum absolute atomic E-state index is 0.0435. The summed E-state index contributed by atoms with van der Waals surface area (Å²) in [5, 5.41) is 10.7. The van der Waals surface area contributed by atoms with Crippen LogP contribution in [0.4, 0.5) is 11.4 Å². The fourth-order valence-electron chi connectivity index (χ4n) is 1.38. The Balaban J connectivity index is 3.13. The predicted octanol–water partition coefficient (Wildman–Crippen LogP) is 1.36. The molecule has 0 bridgehead atoms. The first-order valence-corrected chi connectivity index (χ1v) is 5.40. The van der Waals surface area contributed by atoms with Gasteiger partial charge >= 0.3 is 0 Å². The molecule has 1 aromatic carbocycles. The third-order valence-electron chi connectivity index (χ3n) is 2.69. The molecule has 18 heavy (non-hydrogen) atoms. The van der Waals surface area contributed by atoms with Crippen LogP contribution in [-0.4, -0.2) is 28.8 Å². The van der Waals surface area contributed by atoms with E-state index in [-0.39, 0.29) is 23.3 Å². The van der Waals surface area contributed by atoms with Crippen LogP contribution in [0.15, 0.2) is 18.2 Å². The molecule has 0 aliphatic heterocycles. The number of nitrogens with one attached hydrogen (secondary N) is 1. The molecule has 0 radical (unpaired) electrons. The van der Waals surface area contributed by atoms with Gasteiger partial charge in [0.1, 0.15) is 5.69 Å². The monoisotopic (exact) mass is 252 g/mol. The highest BCUT2D eigenvalue weighted by molar-refractivity contribution is 5.95. The summed E-state index contributed by atoms with van der Waals surface area (Å²) in [5.74, 6) is 5.00. The second-order valence-electron chi connectivity index (χ2n) is 4.14. The van der Waals surface area contributed by atoms with Crippen LogP contribution in [0.3, 0.4) is 0 Å². The van der Waals surface area contributed by atoms with E-state index in [1.807, 2.05) is 13.8 Å². The molecule has 0 saturated carbocycles. The number of rotatable bonds is 4. The maximum atomic E-state index is 12.0. The first-order chi connectivity index (χ1) is 8.38. The molecule has 0 aliphatic carbocycles. The highest BCUT2D eigenvalue weighted by Crippen LogP contribution is 2.25. The van der Waals surface area contributed by atoms with Crippen LogP contribution >= 0.6 is 0 Å². The van der Waals surface area contributed by atoms with E-state index in [0.717, 1.165) is 0 Å². The molecule has 0 fully saturated rings. The van der Waals surface area contributed by atoms with Crippen molar-refractivity contribution >= 4 is 17.3 Å². The zero-order chi connectivity index (χ0) is 13.9. The Morgan fingerprint density at radius 3 is 2.56 bits per heavy atom. The van der Waals surface area contributed by atoms with Gasteiger partial charge in [-0.05, 0) is 26.0 Å². The average Bonchev–Trinajstić information content (AvgIpc) is 2.35. The molecule has 3 N–H and O–H groups in total. The van der Waals surface area contributed by atoms with Crippen molar-refractivity contribution in [3.63, 3.8) is 0 Å². The summed E-state index contributed by atoms with van der Waals surface area (Å²) in [6.07, 6.45) is 0. The summed E-state index contributed by atoms with van der Waals surface area (Å²) in [6, 6.07) is 4.10. The van der Waals surface area contributed by atoms with Crippen molar-refractivity contribution < 1.29 is 9.72 Å². The van der Waals surface area contributed by atoms with Crippen LogP contribution in [0.2, 0.25) is 0 Å². The smallest absolute Gasteiger partial charge is 0.293 e. The van der Waals surface area contributed by atoms with Gasteiger partial charge in [0.2, 0.25) is 0 Å². The summed E-state index contributed by atoms with van der Waals surface area (Å²) < 4.78 is 0. The van der Waals surface area contributed by atoms with Crippen molar-refractivity contribution in [2.24, 2.45) is 5.84 Å². The first-order valence-electron chi connectivity index (χ1n) is 5.40. The van der Waals surface area contributed by atoms with Crippen LogP contribution < -0.4 is 11.3 Å². The van der Waals surface area contributed by atoms with E-state index >= 15 is 0 Å². The SMILES string of the molecule is CC(C)N(C)C(=O)c1ccc([N+](=O)[O-])c(NN)c1. The van der Waals surface area contributed by atoms with Gasteiger partial charge in [0, 0.05) is 24.7 Å². The van der Waals surface area contributed by atoms with Crippen LogP contribution in [0.5, 0.6) is 0 Å². The highest BCUT2D eigenvalue weighted by Gasteiger charge is 2.19. The largest absolute Gasteiger partial charge is 0.339 e. The Labute approximate surface area is 105 Å². The molecule has 0 atom stereocenters. The van der Waals surface area contributed by atoms with Crippen molar-refractivity contribution in [1.29, 1.82) is 0 Å². The second kappa shape index (κ2) is 5.46. The number of carbonyl (C=O) groups is 1. The van der Waals surface area contributed by atoms with Gasteiger partial charge in [-0.3, -0.25) is 20.8 Å². The van der Waals surface area contributed by atoms with Gasteiger partial charge in [-0.25, -0.2) is 0 Å². The quantitative estimate of drug-likeness (QED) is 0.478. The summed E-state index contributed by atoms with van der Waals surface area (Å²) in [7, 11) is 1.67. The molecule has 0 aromatic heterocycles. The standard InChI is InChI=1S/C11H16N4O3/c1-7(2)14(3)11(16)8-4-5-10(15(17)18)9(6-8)13-12/h4-7,13H,12H2,1-3H3. The van der Waals surface area contributed by atoms with E-state index in [1.165, 1.54) is 18.2 Å². The average molecular weight is 252 g/mol. The zero-order valence-electron chi connectivity index (χ0n) is 10.5. The Morgan fingerprint density at radius 2 is 2.11 bits per heavy atom. The molecule has 1 amide bonds. The number of hydrazine groups is 1. The molecule has 7 nitrogen and oxygen atoms in total. The fraction of sp³-hybridized carbons (Fsp3) is 0.364. The Bertz CT molecular complexity index is 473. The molecule has 1 rings (SSSR count). The number of nitrogens with two attached hydrogens (primary N) is 1. The van der Waals surface area contributed by atoms with E-state index in [2.05, 4.69) is 5.43 Å². The van der Waals surface area contributed by atoms with Gasteiger partial charge in [0.25, 0.3) is 11.6 Å². The van der Waals surface area contributed by atoms with E-state index in [4.69, 9.17) is 5.84 Å². The van der Waals surface area contributed by atoms with Crippen LogP contribution in [0.1, 0.15) is 24.2 Å². The zero-order valence-corrected chi connectivity index (χ0v) is 10.5. The number of amides is 1. The van der Waals surface area contributed by atoms with E-state index in [1.54, 1.807) is 11.9 Å². The summed E-state index contributed by atoms with van der Waals surface area (Å²) in [5.41, 5.74) is 2.53. The fourth-order valence-corrected chi connectivity index (χ4v) is 1.38. The Kier molecular flexibility index (Phi) is 4.22. The highest BCUT2D eigenvalue weighted by atomic mass is 16.6. The van der Waals surface area contributed by atoms with Gasteiger partial charge in [0.05, 0.1) is 4.92 Å². The van der Waals surface area contributed by atoms with Crippen molar-refractivity contribution in [1.82, 2.24) is 4.90 Å². The molecule has 7 heteroatoms. The van der Waals surface area contributed by atoms with E-state index < -0.39 is 4.92 Å². The summed E-state index contributed by atoms with van der Waals surface area (Å²) in [4.78, 5) is 23.7. The normalized spacial score (nSPS) is 10.3. The number of anilines is 1. The molecule has 0 spiro atoms. The molecule has 0 aliphatic rings. The van der Waals surface area contributed by atoms with Gasteiger partial charge < -0.3 is 10.3 Å². The van der Waals surface area contributed by atoms with Gasteiger partial charge in [0.15, 0.2) is 0 Å². The number of carbonyl (C=O) groups excluding carboxylic acids is 1. The molecule has 0 saturated heterocycles. The lowest BCUT2D eigenvalue weighted by atomic mass is 10.1. The number of hydrogen-bond donors (Lipinski definition) is 2. The molecule has 98 valence electrons. The number of nitrogens with zero attached hydrogens (tertiary/aromatic N) is 2. The van der Waals surface area contributed by atoms with Gasteiger partial charge in [-0.2, -0.15) is 0 Å². The molecular formula is C11H16N4O3. The minimum atomic E-state index is -0.560. The van der Waals surface area contributed by atoms with Crippen LogP contribution in [0, 0.1) is 10.1 Å². The maximum Gasteiger partial charge on any atom is 0.293 e. The Morgan fingerprint density at radius 1 is 1.50 bits per heavy atom. The minimum Gasteiger partial charge on any atom is -0.339 e. The van der Waals surface area contributed by atoms with Gasteiger partial charge in [-0.15, -0.1) is 0 Å². The van der Waals surface area contributed by atoms with Crippen molar-refractivity contribution in [3.05, 3.63) is 33.9 Å². The molecular weight excluding hydrogens is 236 g/mol. The number of nitrogen functional groups attached to an aromatic ring is 1. The third-order valence-corrected chi connectivity index (χ3v) is 2.69. The third kappa shape index (κ3) is 2.75. The second-order valence-corrected chi connectivity index (χ2v) is 4.14. The number of nitro groups is 1. The van der Waals surface area contributed by atoms with Crippen molar-refractivity contribution in [2.75, 3.05) is 12.5 Å². The number of benzene rings is 1. The predicted molar refractivity (Wildman–Crippen MR) is 68.1 cm³/mol. The lowest BCUT2D eigenvalue weighted by Crippen LogP contribution is -2.33. The van der Waals surface area contributed by atoms with Crippen molar-refractivity contribution in [3.8, 4) is 0 Å². The van der Waals surface area contributed by atoms with E-state index in [0.29, 0.717) is 5.56 Å². The summed E-state index contributed by atoms with van der Waals surface area (Å²) in [6.45, 7) is 3.76. The van der Waals surface area contributed by atoms with Crippen molar-refractivity contribution in [2.45, 2.75) is 19.9 Å². The number of nitro benzene ring substituents is 1. The maximum absolute atomic E-state index is 12.0. The lowest BCUT2D eigenvalue weighted by molar-refractivity contribution is -0.384. The Hall–Kier alpha value is -2.15. The topological polar surface area (TPSA) is 102 Å². The van der Waals surface area contributed by atoms with Crippen LogP contribution in [-0.2, 0) is 0 Å². The summed E-state index contributed by atoms with van der Waals surface area (Å²) >= 11 is 0. The molecule has 1 aromatic rings. The van der Waals surface area contributed by atoms with Crippen LogP contribution in [0.25, 0.3) is 0 Å². The first kappa shape index (κ1) is 13.9. The van der Waals surface area contributed by atoms with E-state index in [9.17, 15) is 14.9 Å². The lowest BCUT2D eigenvalue weighted by Gasteiger charge is -2.21. The molecule has 0 unspecified atom stereocenters. The number of hydrogen-bond acceptors (Lipinski definition) is 5.